The number of allylic oxidation sites excluding steroid dienone is 16. The zero-order valence-electron chi connectivity index (χ0n) is 47.4. The van der Waals surface area contributed by atoms with Crippen molar-refractivity contribution < 1.29 is 69.0 Å². The van der Waals surface area contributed by atoms with E-state index in [4.69, 9.17) is 28.4 Å². The highest BCUT2D eigenvalue weighted by molar-refractivity contribution is 5.69. The summed E-state index contributed by atoms with van der Waals surface area (Å²) in [6, 6.07) is 0. The number of rotatable bonds is 47. The van der Waals surface area contributed by atoms with Crippen LogP contribution in [0.1, 0.15) is 194 Å². The third-order valence-corrected chi connectivity index (χ3v) is 13.6. The number of aliphatic hydroxyl groups excluding tert-OH is 7. The van der Waals surface area contributed by atoms with Crippen LogP contribution in [0.3, 0.4) is 0 Å². The lowest BCUT2D eigenvalue weighted by Gasteiger charge is -2.42. The number of carbonyl (C=O) groups is 1. The summed E-state index contributed by atoms with van der Waals surface area (Å²) < 4.78 is 34.4. The van der Waals surface area contributed by atoms with Gasteiger partial charge >= 0.3 is 5.97 Å². The van der Waals surface area contributed by atoms with Crippen LogP contribution in [0, 0.1) is 0 Å². The summed E-state index contributed by atoms with van der Waals surface area (Å²) in [5, 5.41) is 72.4. The van der Waals surface area contributed by atoms with Crippen molar-refractivity contribution in [2.24, 2.45) is 0 Å². The zero-order valence-corrected chi connectivity index (χ0v) is 47.4. The minimum absolute atomic E-state index is 0.0406. The Morgan fingerprint density at radius 2 is 0.844 bits per heavy atom. The fourth-order valence-electron chi connectivity index (χ4n) is 8.79. The average molecular weight is 1090 g/mol. The van der Waals surface area contributed by atoms with Crippen molar-refractivity contribution in [1.29, 1.82) is 0 Å². The van der Waals surface area contributed by atoms with Crippen molar-refractivity contribution in [3.8, 4) is 0 Å². The Kier molecular flexibility index (Phi) is 44.4. The maximum absolute atomic E-state index is 13.1. The van der Waals surface area contributed by atoms with Gasteiger partial charge in [0.2, 0.25) is 0 Å². The predicted octanol–water partition coefficient (Wildman–Crippen LogP) is 11.0. The van der Waals surface area contributed by atoms with E-state index >= 15 is 0 Å². The van der Waals surface area contributed by atoms with Crippen LogP contribution in [0.15, 0.2) is 97.2 Å². The lowest BCUT2D eigenvalue weighted by Crippen LogP contribution is -2.61. The van der Waals surface area contributed by atoms with Crippen molar-refractivity contribution in [2.75, 3.05) is 33.0 Å². The Hall–Kier alpha value is -3.09. The number of carbonyl (C=O) groups excluding carboxylic acids is 1. The van der Waals surface area contributed by atoms with E-state index in [9.17, 15) is 40.5 Å². The largest absolute Gasteiger partial charge is 0.457 e. The molecule has 0 aromatic rings. The second kappa shape index (κ2) is 48.8. The Morgan fingerprint density at radius 3 is 1.32 bits per heavy atom. The van der Waals surface area contributed by atoms with E-state index in [1.165, 1.54) is 57.8 Å². The Balaban J connectivity index is 1.73. The van der Waals surface area contributed by atoms with E-state index in [0.29, 0.717) is 13.0 Å². The van der Waals surface area contributed by atoms with Gasteiger partial charge in [0.25, 0.3) is 0 Å². The SMILES string of the molecule is CC/C=C\C/C=C\C/C=C\C/C=C\C/C=C\C/C=C\CCCCCCCOCC(COC1OC(COC2OC(CO)C(O)C(O)C2O)C(O)C(O)C1O)OC(=O)CCCCCCCCCCC/C=C\C/C=C\CCCCC. The Morgan fingerprint density at radius 1 is 0.442 bits per heavy atom. The molecule has 11 atom stereocenters. The zero-order chi connectivity index (χ0) is 55.8. The highest BCUT2D eigenvalue weighted by Crippen LogP contribution is 2.26. The molecule has 77 heavy (non-hydrogen) atoms. The van der Waals surface area contributed by atoms with Gasteiger partial charge in [-0.05, 0) is 96.3 Å². The highest BCUT2D eigenvalue weighted by atomic mass is 16.7. The van der Waals surface area contributed by atoms with Gasteiger partial charge in [0.1, 0.15) is 54.9 Å². The predicted molar refractivity (Wildman–Crippen MR) is 307 cm³/mol. The third-order valence-electron chi connectivity index (χ3n) is 13.6. The maximum atomic E-state index is 13.1. The molecule has 0 saturated carbocycles. The second-order valence-corrected chi connectivity index (χ2v) is 20.4. The minimum atomic E-state index is -1.72. The number of hydrogen-bond acceptors (Lipinski definition) is 14. The monoisotopic (exact) mass is 1090 g/mol. The fraction of sp³-hybridized carbons (Fsp3) is 0.730. The average Bonchev–Trinajstić information content (AvgIpc) is 3.43. The molecule has 2 rings (SSSR count). The van der Waals surface area contributed by atoms with Crippen LogP contribution in [0.4, 0.5) is 0 Å². The normalized spacial score (nSPS) is 25.0. The first-order chi connectivity index (χ1) is 37.6. The molecule has 2 aliphatic heterocycles. The summed E-state index contributed by atoms with van der Waals surface area (Å²) >= 11 is 0. The molecule has 7 N–H and O–H groups in total. The first-order valence-electron chi connectivity index (χ1n) is 29.8. The second-order valence-electron chi connectivity index (χ2n) is 20.4. The Labute approximate surface area is 464 Å². The Bertz CT molecular complexity index is 1640. The summed E-state index contributed by atoms with van der Waals surface area (Å²) in [5.41, 5.74) is 0. The van der Waals surface area contributed by atoms with Crippen LogP contribution in [0.5, 0.6) is 0 Å². The number of aliphatic hydroxyl groups is 7. The molecular formula is C63H106O14. The number of ether oxygens (including phenoxy) is 6. The molecule has 14 nitrogen and oxygen atoms in total. The van der Waals surface area contributed by atoms with Gasteiger partial charge in [0.15, 0.2) is 12.6 Å². The first-order valence-corrected chi connectivity index (χ1v) is 29.8. The molecule has 11 unspecified atom stereocenters. The summed E-state index contributed by atoms with van der Waals surface area (Å²) in [4.78, 5) is 13.1. The maximum Gasteiger partial charge on any atom is 0.306 e. The minimum Gasteiger partial charge on any atom is -0.457 e. The molecule has 0 amide bonds. The van der Waals surface area contributed by atoms with Crippen molar-refractivity contribution in [3.05, 3.63) is 97.2 Å². The van der Waals surface area contributed by atoms with Gasteiger partial charge in [-0.15, -0.1) is 0 Å². The molecule has 0 aromatic carbocycles. The molecule has 2 saturated heterocycles. The quantitative estimate of drug-likeness (QED) is 0.0172. The molecule has 0 bridgehead atoms. The molecule has 0 radical (unpaired) electrons. The summed E-state index contributed by atoms with van der Waals surface area (Å²) in [7, 11) is 0. The number of esters is 1. The standard InChI is InChI=1S/C63H106O14/c1-3-5-7-9-11-13-15-17-19-21-23-24-25-26-27-29-31-33-35-37-39-41-43-45-47-72-49-52(75-55(65)46-44-42-40-38-36-34-32-30-28-22-20-18-16-14-12-10-8-6-4-2)50-73-62-61(71)59(69)57(67)54(77-62)51-74-63-60(70)58(68)56(66)53(48-64)76-63/h5,7,11-14,17-20,23-24,26-27,31,33,52-54,56-64,66-71H,3-4,6,8-10,15-16,21-22,25,28-30,32,34-51H2,1-2H3/b7-5-,13-11-,14-12-,19-17-,20-18-,24-23-,27-26-,33-31-. The van der Waals surface area contributed by atoms with Crippen LogP contribution in [0.2, 0.25) is 0 Å². The van der Waals surface area contributed by atoms with E-state index in [0.717, 1.165) is 109 Å². The molecule has 2 aliphatic rings. The van der Waals surface area contributed by atoms with Crippen molar-refractivity contribution in [3.63, 3.8) is 0 Å². The van der Waals surface area contributed by atoms with Gasteiger partial charge in [-0.2, -0.15) is 0 Å². The fourth-order valence-corrected chi connectivity index (χ4v) is 8.79. The van der Waals surface area contributed by atoms with E-state index < -0.39 is 86.7 Å². The van der Waals surface area contributed by atoms with E-state index in [2.05, 4.69) is 111 Å². The van der Waals surface area contributed by atoms with Gasteiger partial charge in [0, 0.05) is 13.0 Å². The topological polar surface area (TPSA) is 214 Å². The highest BCUT2D eigenvalue weighted by Gasteiger charge is 2.47. The summed E-state index contributed by atoms with van der Waals surface area (Å²) in [5.74, 6) is -0.391. The molecule has 2 heterocycles. The molecule has 0 spiro atoms. The molecular weight excluding hydrogens is 981 g/mol. The number of hydrogen-bond donors (Lipinski definition) is 7. The van der Waals surface area contributed by atoms with E-state index in [1.807, 2.05) is 0 Å². The van der Waals surface area contributed by atoms with Crippen LogP contribution in [-0.4, -0.2) is 142 Å². The van der Waals surface area contributed by atoms with Crippen molar-refractivity contribution in [1.82, 2.24) is 0 Å². The molecule has 0 aromatic heterocycles. The smallest absolute Gasteiger partial charge is 0.306 e. The van der Waals surface area contributed by atoms with Gasteiger partial charge in [-0.25, -0.2) is 0 Å². The third kappa shape index (κ3) is 35.3. The van der Waals surface area contributed by atoms with Gasteiger partial charge in [-0.3, -0.25) is 4.79 Å². The number of unbranched alkanes of at least 4 members (excludes halogenated alkanes) is 17. The van der Waals surface area contributed by atoms with Crippen LogP contribution >= 0.6 is 0 Å². The van der Waals surface area contributed by atoms with E-state index in [1.54, 1.807) is 0 Å². The van der Waals surface area contributed by atoms with Gasteiger partial charge in [-0.1, -0.05) is 188 Å². The van der Waals surface area contributed by atoms with Crippen LogP contribution < -0.4 is 0 Å². The van der Waals surface area contributed by atoms with Crippen molar-refractivity contribution >= 4 is 5.97 Å². The first kappa shape index (κ1) is 70.0. The lowest BCUT2D eigenvalue weighted by molar-refractivity contribution is -0.332. The molecule has 442 valence electrons. The summed E-state index contributed by atoms with van der Waals surface area (Å²) in [6.07, 6.45) is 48.9. The van der Waals surface area contributed by atoms with Gasteiger partial charge < -0.3 is 64.2 Å². The lowest BCUT2D eigenvalue weighted by atomic mass is 9.98. The molecule has 2 fully saturated rings. The molecule has 0 aliphatic carbocycles. The van der Waals surface area contributed by atoms with E-state index in [-0.39, 0.29) is 19.6 Å². The van der Waals surface area contributed by atoms with Gasteiger partial charge in [0.05, 0.1) is 26.4 Å². The van der Waals surface area contributed by atoms with Crippen LogP contribution in [-0.2, 0) is 33.2 Å². The summed E-state index contributed by atoms with van der Waals surface area (Å²) in [6.45, 7) is 3.49. The van der Waals surface area contributed by atoms with Crippen molar-refractivity contribution in [2.45, 2.75) is 261 Å². The molecule has 14 heteroatoms. The van der Waals surface area contributed by atoms with Crippen LogP contribution in [0.25, 0.3) is 0 Å².